The molecule has 1 heterocycles. The van der Waals surface area contributed by atoms with Crippen LogP contribution in [0.1, 0.15) is 0 Å². The molecule has 0 radical (unpaired) electrons. The second-order valence-corrected chi connectivity index (χ2v) is 1.94. The van der Waals surface area contributed by atoms with Gasteiger partial charge in [-0.3, -0.25) is 0 Å². The van der Waals surface area contributed by atoms with Gasteiger partial charge in [-0.05, 0) is 9.91 Å². The molecule has 0 aliphatic heterocycles. The molecule has 0 aliphatic carbocycles. The highest BCUT2D eigenvalue weighted by Gasteiger charge is 2.28. The highest BCUT2D eigenvalue weighted by molar-refractivity contribution is 5.43. The summed E-state index contributed by atoms with van der Waals surface area (Å²) in [6.45, 7) is 0. The summed E-state index contributed by atoms with van der Waals surface area (Å²) in [5.74, 6) is -3.63. The van der Waals surface area contributed by atoms with Crippen LogP contribution in [0.2, 0.25) is 0 Å². The van der Waals surface area contributed by atoms with E-state index in [1.807, 2.05) is 0 Å². The fourth-order valence-electron chi connectivity index (χ4n) is 0.641. The summed E-state index contributed by atoms with van der Waals surface area (Å²) >= 11 is 0. The lowest BCUT2D eigenvalue weighted by Gasteiger charge is -1.93. The first kappa shape index (κ1) is 12.4. The number of aromatic nitrogens is 2. The van der Waals surface area contributed by atoms with Gasteiger partial charge in [0.1, 0.15) is 0 Å². The Kier molecular flexibility index (Phi) is 3.34. The molecule has 0 saturated heterocycles. The Morgan fingerprint density at radius 2 is 1.53 bits per heavy atom. The molecule has 0 bridgehead atoms. The van der Waals surface area contributed by atoms with Gasteiger partial charge in [0.2, 0.25) is 0 Å². The van der Waals surface area contributed by atoms with Crippen LogP contribution in [0.15, 0.2) is 0 Å². The van der Waals surface area contributed by atoms with Crippen LogP contribution < -0.4 is 11.1 Å². The van der Waals surface area contributed by atoms with Gasteiger partial charge in [-0.15, -0.1) is 0 Å². The lowest BCUT2D eigenvalue weighted by Crippen LogP contribution is -1.95. The van der Waals surface area contributed by atoms with E-state index in [1.165, 1.54) is 0 Å². The summed E-state index contributed by atoms with van der Waals surface area (Å²) in [7, 11) is 0. The van der Waals surface area contributed by atoms with Crippen LogP contribution in [-0.4, -0.2) is 19.8 Å². The van der Waals surface area contributed by atoms with Crippen molar-refractivity contribution in [2.24, 2.45) is 0 Å². The van der Waals surface area contributed by atoms with Crippen LogP contribution in [0.3, 0.4) is 0 Å². The van der Waals surface area contributed by atoms with E-state index in [0.29, 0.717) is 0 Å². The average Bonchev–Trinajstić information content (AvgIpc) is 2.47. The molecule has 15 heavy (non-hydrogen) atoms. The second kappa shape index (κ2) is 4.05. The summed E-state index contributed by atoms with van der Waals surface area (Å²) in [6, 6.07) is 0. The zero-order chi connectivity index (χ0) is 10.9. The van der Waals surface area contributed by atoms with E-state index in [4.69, 9.17) is 0 Å². The fourth-order valence-corrected chi connectivity index (χ4v) is 0.641. The van der Waals surface area contributed by atoms with Gasteiger partial charge in [0.25, 0.3) is 0 Å². The molecule has 1 aromatic heterocycles. The summed E-state index contributed by atoms with van der Waals surface area (Å²) in [4.78, 5) is 32.3. The normalized spacial score (nSPS) is 9.07. The van der Waals surface area contributed by atoms with Crippen molar-refractivity contribution in [2.45, 2.75) is 0 Å². The summed E-state index contributed by atoms with van der Waals surface area (Å²) in [5.41, 5.74) is 0. The predicted molar refractivity (Wildman–Crippen MR) is 43.5 cm³/mol. The van der Waals surface area contributed by atoms with Crippen molar-refractivity contribution in [3.05, 3.63) is 30.3 Å². The number of quaternary nitrogens is 1. The van der Waals surface area contributed by atoms with Gasteiger partial charge in [-0.25, -0.2) is 0 Å². The van der Waals surface area contributed by atoms with Crippen molar-refractivity contribution in [1.82, 2.24) is 16.1 Å². The SMILES string of the molecule is O=[N+]([O-])c1nc([N+](=O)[O-])c([N+](=O)[O-])[n-]1.[NH4+]. The largest absolute Gasteiger partial charge is 0.423 e. The Balaban J connectivity index is 0.00000196. The first-order valence-electron chi connectivity index (χ1n) is 2.91. The van der Waals surface area contributed by atoms with Gasteiger partial charge in [0.05, 0.1) is 0 Å². The molecule has 1 rings (SSSR count). The Morgan fingerprint density at radius 1 is 1.00 bits per heavy atom. The molecule has 0 atom stereocenters. The zero-order valence-corrected chi connectivity index (χ0v) is 7.19. The molecule has 0 aliphatic rings. The third-order valence-electron chi connectivity index (χ3n) is 1.12. The monoisotopic (exact) mass is 220 g/mol. The molecule has 0 fully saturated rings. The Hall–Kier alpha value is -2.63. The van der Waals surface area contributed by atoms with E-state index in [2.05, 4.69) is 9.97 Å². The minimum Gasteiger partial charge on any atom is -0.409 e. The lowest BCUT2D eigenvalue weighted by atomic mass is 10.7. The smallest absolute Gasteiger partial charge is 0.409 e. The minimum absolute atomic E-state index is 0. The van der Waals surface area contributed by atoms with Gasteiger partial charge < -0.3 is 36.5 Å². The molecule has 0 spiro atoms. The van der Waals surface area contributed by atoms with Crippen molar-refractivity contribution in [2.75, 3.05) is 0 Å². The van der Waals surface area contributed by atoms with Crippen molar-refractivity contribution in [3.63, 3.8) is 0 Å². The van der Waals surface area contributed by atoms with E-state index in [0.717, 1.165) is 0 Å². The molecule has 0 unspecified atom stereocenters. The molecule has 82 valence electrons. The molecule has 0 aromatic carbocycles. The van der Waals surface area contributed by atoms with E-state index >= 15 is 0 Å². The third kappa shape index (κ3) is 2.19. The van der Waals surface area contributed by atoms with Crippen molar-refractivity contribution in [1.29, 1.82) is 0 Å². The quantitative estimate of drug-likeness (QED) is 0.548. The lowest BCUT2D eigenvalue weighted by molar-refractivity contribution is -0.427. The summed E-state index contributed by atoms with van der Waals surface area (Å²) < 4.78 is 0. The second-order valence-electron chi connectivity index (χ2n) is 1.94. The molecule has 4 N–H and O–H groups in total. The number of imidazole rings is 1. The molecule has 1 aromatic rings. The van der Waals surface area contributed by atoms with E-state index in [9.17, 15) is 30.3 Å². The summed E-state index contributed by atoms with van der Waals surface area (Å²) in [5, 5.41) is 30.3. The van der Waals surface area contributed by atoms with E-state index < -0.39 is 32.4 Å². The maximum atomic E-state index is 10.1. The van der Waals surface area contributed by atoms with Gasteiger partial charge >= 0.3 is 17.6 Å². The molecule has 12 nitrogen and oxygen atoms in total. The minimum atomic E-state index is -1.23. The van der Waals surface area contributed by atoms with E-state index in [-0.39, 0.29) is 6.15 Å². The van der Waals surface area contributed by atoms with E-state index in [1.54, 1.807) is 0 Å². The number of nitrogens with zero attached hydrogens (tertiary/aromatic N) is 5. The number of rotatable bonds is 3. The van der Waals surface area contributed by atoms with Crippen LogP contribution in [0, 0.1) is 30.3 Å². The van der Waals surface area contributed by atoms with Crippen molar-refractivity contribution < 1.29 is 14.8 Å². The fraction of sp³-hybridized carbons (Fsp3) is 0. The van der Waals surface area contributed by atoms with Crippen LogP contribution in [0.25, 0.3) is 0 Å². The van der Waals surface area contributed by atoms with Crippen molar-refractivity contribution >= 4 is 17.6 Å². The van der Waals surface area contributed by atoms with Crippen LogP contribution in [0.5, 0.6) is 0 Å². The topological polar surface area (TPSA) is 193 Å². The van der Waals surface area contributed by atoms with Gasteiger partial charge in [-0.2, -0.15) is 0 Å². The summed E-state index contributed by atoms with van der Waals surface area (Å²) in [6.07, 6.45) is 0. The highest BCUT2D eigenvalue weighted by atomic mass is 16.6. The molecular formula is C3H4N6O6. The Morgan fingerprint density at radius 3 is 1.80 bits per heavy atom. The molecule has 0 amide bonds. The molecular weight excluding hydrogens is 216 g/mol. The predicted octanol–water partition coefficient (Wildman–Crippen LogP) is 0.140. The van der Waals surface area contributed by atoms with Crippen molar-refractivity contribution in [3.8, 4) is 0 Å². The van der Waals surface area contributed by atoms with Gasteiger partial charge in [0, 0.05) is 0 Å². The Labute approximate surface area is 80.0 Å². The highest BCUT2D eigenvalue weighted by Crippen LogP contribution is 2.24. The molecule has 12 heteroatoms. The molecule has 0 saturated carbocycles. The Bertz CT molecular complexity index is 391. The zero-order valence-electron chi connectivity index (χ0n) is 7.19. The number of hydrogen-bond acceptors (Lipinski definition) is 7. The number of hydrogen-bond donors (Lipinski definition) is 1. The standard InChI is InChI=1S/C3N5O6.H3N/c9-6(10)1-2(7(11)12)5-3(4-1)8(13)14;/h;1H3/q-1;/p+1. The van der Waals surface area contributed by atoms with Gasteiger partial charge in [0.15, 0.2) is 0 Å². The number of nitro groups is 3. The van der Waals surface area contributed by atoms with Gasteiger partial charge in [-0.1, -0.05) is 14.8 Å². The first-order chi connectivity index (χ1) is 6.43. The van der Waals surface area contributed by atoms with Crippen LogP contribution in [-0.2, 0) is 0 Å². The first-order valence-corrected chi connectivity index (χ1v) is 2.91. The van der Waals surface area contributed by atoms with Crippen LogP contribution >= 0.6 is 0 Å². The average molecular weight is 220 g/mol. The maximum Gasteiger partial charge on any atom is 0.423 e. The third-order valence-corrected chi connectivity index (χ3v) is 1.12. The van der Waals surface area contributed by atoms with Crippen LogP contribution in [0.4, 0.5) is 17.6 Å². The maximum absolute atomic E-state index is 10.1.